The molecule has 108 valence electrons. The van der Waals surface area contributed by atoms with E-state index in [0.717, 1.165) is 5.56 Å². The van der Waals surface area contributed by atoms with Crippen LogP contribution in [0.1, 0.15) is 25.8 Å². The van der Waals surface area contributed by atoms with Crippen molar-refractivity contribution in [3.63, 3.8) is 0 Å². The molecule has 0 fully saturated rings. The number of aliphatic hydroxyl groups is 1. The van der Waals surface area contributed by atoms with Gasteiger partial charge in [0, 0.05) is 19.3 Å². The Balaban J connectivity index is 3.09. The fraction of sp³-hybridized carbons (Fsp3) is 0.538. The van der Waals surface area contributed by atoms with Gasteiger partial charge in [0.1, 0.15) is 0 Å². The number of aryl methyl sites for hydroxylation is 1. The van der Waals surface area contributed by atoms with E-state index in [1.165, 1.54) is 17.4 Å². The van der Waals surface area contributed by atoms with Crippen LogP contribution in [0.4, 0.5) is 5.69 Å². The van der Waals surface area contributed by atoms with Gasteiger partial charge in [-0.25, -0.2) is 12.7 Å². The molecule has 0 aliphatic rings. The molecule has 1 rings (SSSR count). The Morgan fingerprint density at radius 2 is 2.05 bits per heavy atom. The molecule has 1 aromatic carbocycles. The first-order valence-corrected chi connectivity index (χ1v) is 7.75. The third-order valence-electron chi connectivity index (χ3n) is 3.02. The van der Waals surface area contributed by atoms with Crippen LogP contribution in [0.15, 0.2) is 23.1 Å². The lowest BCUT2D eigenvalue weighted by molar-refractivity contribution is 0.177. The van der Waals surface area contributed by atoms with Crippen LogP contribution < -0.4 is 5.73 Å². The number of rotatable bonds is 6. The van der Waals surface area contributed by atoms with Crippen molar-refractivity contribution in [2.24, 2.45) is 0 Å². The van der Waals surface area contributed by atoms with Crippen LogP contribution in [0.25, 0.3) is 0 Å². The highest BCUT2D eigenvalue weighted by atomic mass is 32.2. The van der Waals surface area contributed by atoms with Gasteiger partial charge in [-0.3, -0.25) is 0 Å². The van der Waals surface area contributed by atoms with Gasteiger partial charge in [-0.2, -0.15) is 0 Å². The minimum absolute atomic E-state index is 0.253. The van der Waals surface area contributed by atoms with Crippen molar-refractivity contribution < 1.29 is 13.5 Å². The van der Waals surface area contributed by atoms with Gasteiger partial charge < -0.3 is 10.8 Å². The molecule has 0 saturated heterocycles. The summed E-state index contributed by atoms with van der Waals surface area (Å²) in [5.41, 5.74) is 6.86. The summed E-state index contributed by atoms with van der Waals surface area (Å²) >= 11 is 0. The van der Waals surface area contributed by atoms with E-state index in [0.29, 0.717) is 18.5 Å². The Kier molecular flexibility index (Phi) is 5.34. The van der Waals surface area contributed by atoms with Crippen molar-refractivity contribution in [1.29, 1.82) is 0 Å². The minimum atomic E-state index is -3.56. The second-order valence-corrected chi connectivity index (χ2v) is 6.70. The summed E-state index contributed by atoms with van der Waals surface area (Å²) in [5, 5.41) is 9.24. The fourth-order valence-corrected chi connectivity index (χ4v) is 3.27. The minimum Gasteiger partial charge on any atom is -0.399 e. The van der Waals surface area contributed by atoms with E-state index in [2.05, 4.69) is 0 Å². The van der Waals surface area contributed by atoms with E-state index in [4.69, 9.17) is 5.73 Å². The number of nitrogens with two attached hydrogens (primary N) is 1. The average Bonchev–Trinajstić information content (AvgIpc) is 2.35. The Morgan fingerprint density at radius 1 is 1.42 bits per heavy atom. The lowest BCUT2D eigenvalue weighted by Crippen LogP contribution is -2.30. The molecule has 6 heteroatoms. The Morgan fingerprint density at radius 3 is 2.58 bits per heavy atom. The second kappa shape index (κ2) is 6.36. The molecule has 5 nitrogen and oxygen atoms in total. The average molecular weight is 286 g/mol. The van der Waals surface area contributed by atoms with Gasteiger partial charge in [-0.1, -0.05) is 13.0 Å². The van der Waals surface area contributed by atoms with Gasteiger partial charge in [0.15, 0.2) is 0 Å². The molecule has 0 aromatic heterocycles. The van der Waals surface area contributed by atoms with Gasteiger partial charge in [0.05, 0.1) is 11.0 Å². The molecule has 1 aromatic rings. The molecule has 0 bridgehead atoms. The molecule has 0 aliphatic heterocycles. The summed E-state index contributed by atoms with van der Waals surface area (Å²) in [7, 11) is -2.04. The zero-order valence-electron chi connectivity index (χ0n) is 11.6. The van der Waals surface area contributed by atoms with Crippen molar-refractivity contribution in [3.8, 4) is 0 Å². The lowest BCUT2D eigenvalue weighted by atomic mass is 10.1. The van der Waals surface area contributed by atoms with Crippen LogP contribution >= 0.6 is 0 Å². The number of hydrogen-bond donors (Lipinski definition) is 2. The van der Waals surface area contributed by atoms with Crippen molar-refractivity contribution in [3.05, 3.63) is 23.8 Å². The van der Waals surface area contributed by atoms with Gasteiger partial charge >= 0.3 is 0 Å². The van der Waals surface area contributed by atoms with E-state index >= 15 is 0 Å². The maximum atomic E-state index is 12.5. The smallest absolute Gasteiger partial charge is 0.243 e. The maximum absolute atomic E-state index is 12.5. The topological polar surface area (TPSA) is 83.6 Å². The van der Waals surface area contributed by atoms with Gasteiger partial charge in [0.2, 0.25) is 10.0 Å². The molecule has 0 radical (unpaired) electrons. The summed E-state index contributed by atoms with van der Waals surface area (Å²) in [6.45, 7) is 3.82. The quantitative estimate of drug-likeness (QED) is 0.770. The summed E-state index contributed by atoms with van der Waals surface area (Å²) in [6, 6.07) is 4.94. The van der Waals surface area contributed by atoms with Crippen molar-refractivity contribution >= 4 is 15.7 Å². The van der Waals surface area contributed by atoms with Crippen LogP contribution in [-0.2, 0) is 16.4 Å². The zero-order valence-corrected chi connectivity index (χ0v) is 12.4. The second-order valence-electron chi connectivity index (χ2n) is 4.68. The van der Waals surface area contributed by atoms with Crippen LogP contribution in [0.5, 0.6) is 0 Å². The number of aliphatic hydroxyl groups excluding tert-OH is 1. The summed E-state index contributed by atoms with van der Waals surface area (Å²) in [5.74, 6) is 0. The summed E-state index contributed by atoms with van der Waals surface area (Å²) in [6.07, 6.45) is 0.502. The first-order valence-electron chi connectivity index (χ1n) is 6.31. The number of hydrogen-bond acceptors (Lipinski definition) is 4. The summed E-state index contributed by atoms with van der Waals surface area (Å²) < 4.78 is 26.2. The van der Waals surface area contributed by atoms with Gasteiger partial charge in [-0.15, -0.1) is 0 Å². The SMILES string of the molecule is CCc1ccc(N)cc1S(=O)(=O)N(C)CCC(C)O. The first-order chi connectivity index (χ1) is 8.78. The van der Waals surface area contributed by atoms with Crippen LogP contribution in [0, 0.1) is 0 Å². The third kappa shape index (κ3) is 3.92. The standard InChI is InChI=1S/C13H22N2O3S/c1-4-11-5-6-12(14)9-13(11)19(17,18)15(3)8-7-10(2)16/h5-6,9-10,16H,4,7-8,14H2,1-3H3. The summed E-state index contributed by atoms with van der Waals surface area (Å²) in [4.78, 5) is 0.253. The van der Waals surface area contributed by atoms with E-state index in [1.54, 1.807) is 19.1 Å². The van der Waals surface area contributed by atoms with E-state index in [-0.39, 0.29) is 11.4 Å². The van der Waals surface area contributed by atoms with Gasteiger partial charge in [0.25, 0.3) is 0 Å². The molecule has 1 unspecified atom stereocenters. The molecular weight excluding hydrogens is 264 g/mol. The van der Waals surface area contributed by atoms with E-state index in [9.17, 15) is 13.5 Å². The predicted octanol–water partition coefficient (Wildman–Crippen LogP) is 1.22. The first kappa shape index (κ1) is 15.9. The molecule has 0 spiro atoms. The normalized spacial score (nSPS) is 13.7. The van der Waals surface area contributed by atoms with Crippen LogP contribution in [-0.4, -0.2) is 37.5 Å². The van der Waals surface area contributed by atoms with E-state index < -0.39 is 16.1 Å². The molecule has 0 aliphatic carbocycles. The Bertz CT molecular complexity index is 527. The van der Waals surface area contributed by atoms with Crippen molar-refractivity contribution in [1.82, 2.24) is 4.31 Å². The highest BCUT2D eigenvalue weighted by Gasteiger charge is 2.23. The number of nitrogen functional groups attached to an aromatic ring is 1. The fourth-order valence-electron chi connectivity index (χ4n) is 1.76. The molecule has 0 saturated carbocycles. The lowest BCUT2D eigenvalue weighted by Gasteiger charge is -2.20. The number of nitrogens with zero attached hydrogens (tertiary/aromatic N) is 1. The van der Waals surface area contributed by atoms with Crippen molar-refractivity contribution in [2.75, 3.05) is 19.3 Å². The van der Waals surface area contributed by atoms with E-state index in [1.807, 2.05) is 6.92 Å². The maximum Gasteiger partial charge on any atom is 0.243 e. The third-order valence-corrected chi connectivity index (χ3v) is 4.96. The van der Waals surface area contributed by atoms with Gasteiger partial charge in [-0.05, 0) is 37.5 Å². The molecular formula is C13H22N2O3S. The molecule has 0 amide bonds. The zero-order chi connectivity index (χ0) is 14.6. The number of benzene rings is 1. The largest absolute Gasteiger partial charge is 0.399 e. The molecule has 1 atom stereocenters. The van der Waals surface area contributed by atoms with Crippen LogP contribution in [0.2, 0.25) is 0 Å². The number of sulfonamides is 1. The number of anilines is 1. The highest BCUT2D eigenvalue weighted by molar-refractivity contribution is 7.89. The molecule has 0 heterocycles. The monoisotopic (exact) mass is 286 g/mol. The van der Waals surface area contributed by atoms with Crippen LogP contribution in [0.3, 0.4) is 0 Å². The Hall–Kier alpha value is -1.11. The predicted molar refractivity (Wildman–Crippen MR) is 76.3 cm³/mol. The Labute approximate surface area is 115 Å². The molecule has 19 heavy (non-hydrogen) atoms. The van der Waals surface area contributed by atoms with Crippen molar-refractivity contribution in [2.45, 2.75) is 37.7 Å². The highest BCUT2D eigenvalue weighted by Crippen LogP contribution is 2.23. The molecule has 3 N–H and O–H groups in total.